The van der Waals surface area contributed by atoms with Crippen LogP contribution in [0.2, 0.25) is 0 Å². The second-order valence-corrected chi connectivity index (χ2v) is 3.10. The summed E-state index contributed by atoms with van der Waals surface area (Å²) in [5.74, 6) is 0. The lowest BCUT2D eigenvalue weighted by Gasteiger charge is -1.89. The lowest BCUT2D eigenvalue weighted by atomic mass is 10.2. The Hall–Kier alpha value is -1.30. The summed E-state index contributed by atoms with van der Waals surface area (Å²) in [5.41, 5.74) is 0. The van der Waals surface area contributed by atoms with Crippen LogP contribution in [0.15, 0.2) is 60.8 Å². The summed E-state index contributed by atoms with van der Waals surface area (Å²) in [4.78, 5) is 0. The SMILES string of the molecule is [CH]1/C=C/C/C=C/C=C\C=C\C=C\CC1. The minimum atomic E-state index is 1.01. The first kappa shape index (κ1) is 10.8. The zero-order valence-electron chi connectivity index (χ0n) is 8.47. The Bertz CT molecular complexity index is 262. The van der Waals surface area contributed by atoms with E-state index < -0.39 is 0 Å². The fraction of sp³-hybridized carbons (Fsp3) is 0.214. The minimum Gasteiger partial charge on any atom is -0.0845 e. The highest BCUT2D eigenvalue weighted by atomic mass is 13.9. The lowest BCUT2D eigenvalue weighted by molar-refractivity contribution is 1.00. The van der Waals surface area contributed by atoms with Gasteiger partial charge in [-0.25, -0.2) is 0 Å². The smallest absolute Gasteiger partial charge is 0.0166 e. The molecule has 0 nitrogen and oxygen atoms in total. The highest BCUT2D eigenvalue weighted by Gasteiger charge is 1.80. The van der Waals surface area contributed by atoms with Crippen molar-refractivity contribution in [3.8, 4) is 0 Å². The number of hydrogen-bond donors (Lipinski definition) is 0. The molecule has 0 bridgehead atoms. The Balaban J connectivity index is 2.46. The maximum atomic E-state index is 2.21. The maximum absolute atomic E-state index is 2.21. The second kappa shape index (κ2) is 8.31. The van der Waals surface area contributed by atoms with Crippen molar-refractivity contribution in [2.45, 2.75) is 19.3 Å². The first-order chi connectivity index (χ1) is 7.00. The average Bonchev–Trinajstić information content (AvgIpc) is 2.22. The molecule has 0 spiro atoms. The van der Waals surface area contributed by atoms with E-state index in [2.05, 4.69) is 49.0 Å². The number of hydrogen-bond acceptors (Lipinski definition) is 0. The van der Waals surface area contributed by atoms with Crippen molar-refractivity contribution >= 4 is 0 Å². The van der Waals surface area contributed by atoms with Gasteiger partial charge in [0, 0.05) is 0 Å². The predicted molar refractivity (Wildman–Crippen MR) is 63.9 cm³/mol. The molecule has 0 heterocycles. The van der Waals surface area contributed by atoms with Crippen LogP contribution in [0.25, 0.3) is 0 Å². The Morgan fingerprint density at radius 3 is 2.00 bits per heavy atom. The van der Waals surface area contributed by atoms with Crippen molar-refractivity contribution in [2.75, 3.05) is 0 Å². The summed E-state index contributed by atoms with van der Waals surface area (Å²) in [5, 5.41) is 0. The molecular formula is C14H17. The molecule has 0 heteroatoms. The monoisotopic (exact) mass is 185 g/mol. The van der Waals surface area contributed by atoms with Crippen molar-refractivity contribution in [1.29, 1.82) is 0 Å². The van der Waals surface area contributed by atoms with Gasteiger partial charge in [-0.1, -0.05) is 60.8 Å². The van der Waals surface area contributed by atoms with Crippen LogP contribution in [0, 0.1) is 6.42 Å². The molecule has 73 valence electrons. The zero-order valence-corrected chi connectivity index (χ0v) is 8.47. The van der Waals surface area contributed by atoms with Gasteiger partial charge >= 0.3 is 0 Å². The Labute approximate surface area is 87.0 Å². The fourth-order valence-corrected chi connectivity index (χ4v) is 1.13. The van der Waals surface area contributed by atoms with Gasteiger partial charge in [0.1, 0.15) is 0 Å². The minimum absolute atomic E-state index is 1.01. The quantitative estimate of drug-likeness (QED) is 0.531. The van der Waals surface area contributed by atoms with Crippen LogP contribution in [0.3, 0.4) is 0 Å². The molecule has 0 atom stereocenters. The summed E-state index contributed by atoms with van der Waals surface area (Å²) in [7, 11) is 0. The van der Waals surface area contributed by atoms with Crippen molar-refractivity contribution in [2.24, 2.45) is 0 Å². The van der Waals surface area contributed by atoms with E-state index in [9.17, 15) is 0 Å². The normalized spacial score (nSPS) is 29.7. The molecule has 0 fully saturated rings. The third-order valence-electron chi connectivity index (χ3n) is 1.87. The number of allylic oxidation sites excluding steroid dienone is 10. The summed E-state index contributed by atoms with van der Waals surface area (Å²) in [6, 6.07) is 0. The van der Waals surface area contributed by atoms with Gasteiger partial charge < -0.3 is 0 Å². The predicted octanol–water partition coefficient (Wildman–Crippen LogP) is 4.16. The standard InChI is InChI=1S/C14H17/c1-2-4-6-8-10-12-14-13-11-9-7-5-3-1/h1-8,11,13-14H,9-10,12H2/b3-1-,4-2+,7-5+,8-6+,13-11+. The van der Waals surface area contributed by atoms with E-state index in [-0.39, 0.29) is 0 Å². The first-order valence-electron chi connectivity index (χ1n) is 5.13. The molecular weight excluding hydrogens is 168 g/mol. The molecule has 0 aromatic heterocycles. The Morgan fingerprint density at radius 2 is 1.14 bits per heavy atom. The zero-order chi connectivity index (χ0) is 9.90. The van der Waals surface area contributed by atoms with Crippen LogP contribution in [0.1, 0.15) is 19.3 Å². The molecule has 0 aliphatic heterocycles. The molecule has 1 radical (unpaired) electrons. The van der Waals surface area contributed by atoms with Crippen LogP contribution in [-0.2, 0) is 0 Å². The van der Waals surface area contributed by atoms with Crippen LogP contribution in [0.4, 0.5) is 0 Å². The molecule has 0 amide bonds. The Morgan fingerprint density at radius 1 is 0.500 bits per heavy atom. The van der Waals surface area contributed by atoms with Crippen LogP contribution in [0.5, 0.6) is 0 Å². The van der Waals surface area contributed by atoms with E-state index in [1.165, 1.54) is 0 Å². The van der Waals surface area contributed by atoms with Gasteiger partial charge in [0.15, 0.2) is 0 Å². The van der Waals surface area contributed by atoms with Gasteiger partial charge in [0.05, 0.1) is 0 Å². The molecule has 1 rings (SSSR count). The van der Waals surface area contributed by atoms with Crippen LogP contribution < -0.4 is 0 Å². The topological polar surface area (TPSA) is 0 Å². The molecule has 0 saturated heterocycles. The van der Waals surface area contributed by atoms with Crippen molar-refractivity contribution in [3.05, 3.63) is 67.2 Å². The summed E-state index contributed by atoms with van der Waals surface area (Å²) in [6.07, 6.45) is 26.5. The van der Waals surface area contributed by atoms with Gasteiger partial charge in [-0.2, -0.15) is 0 Å². The van der Waals surface area contributed by atoms with Gasteiger partial charge in [0.25, 0.3) is 0 Å². The van der Waals surface area contributed by atoms with E-state index in [1.807, 2.05) is 18.2 Å². The van der Waals surface area contributed by atoms with Crippen LogP contribution >= 0.6 is 0 Å². The van der Waals surface area contributed by atoms with Gasteiger partial charge in [-0.3, -0.25) is 0 Å². The van der Waals surface area contributed by atoms with E-state index in [4.69, 9.17) is 0 Å². The summed E-state index contributed by atoms with van der Waals surface area (Å²) in [6.45, 7) is 0. The van der Waals surface area contributed by atoms with Crippen LogP contribution in [-0.4, -0.2) is 0 Å². The summed E-state index contributed by atoms with van der Waals surface area (Å²) < 4.78 is 0. The number of rotatable bonds is 0. The average molecular weight is 185 g/mol. The molecule has 14 heavy (non-hydrogen) atoms. The molecule has 0 N–H and O–H groups in total. The van der Waals surface area contributed by atoms with Gasteiger partial charge in [-0.15, -0.1) is 0 Å². The van der Waals surface area contributed by atoms with E-state index >= 15 is 0 Å². The van der Waals surface area contributed by atoms with E-state index in [0.29, 0.717) is 0 Å². The molecule has 1 aliphatic rings. The third kappa shape index (κ3) is 6.24. The first-order valence-corrected chi connectivity index (χ1v) is 5.13. The van der Waals surface area contributed by atoms with E-state index in [1.54, 1.807) is 0 Å². The summed E-state index contributed by atoms with van der Waals surface area (Å²) >= 11 is 0. The van der Waals surface area contributed by atoms with Crippen molar-refractivity contribution < 1.29 is 0 Å². The third-order valence-corrected chi connectivity index (χ3v) is 1.87. The molecule has 0 saturated carbocycles. The van der Waals surface area contributed by atoms with Crippen molar-refractivity contribution in [3.63, 3.8) is 0 Å². The maximum Gasteiger partial charge on any atom is -0.0166 e. The molecule has 1 aliphatic carbocycles. The largest absolute Gasteiger partial charge is 0.0845 e. The Kier molecular flexibility index (Phi) is 6.39. The fourth-order valence-electron chi connectivity index (χ4n) is 1.13. The molecule has 0 aromatic carbocycles. The van der Waals surface area contributed by atoms with E-state index in [0.717, 1.165) is 19.3 Å². The van der Waals surface area contributed by atoms with Crippen molar-refractivity contribution in [1.82, 2.24) is 0 Å². The van der Waals surface area contributed by atoms with Gasteiger partial charge in [0.2, 0.25) is 0 Å². The highest BCUT2D eigenvalue weighted by molar-refractivity contribution is 5.16. The molecule has 0 unspecified atom stereocenters. The van der Waals surface area contributed by atoms with Gasteiger partial charge in [-0.05, 0) is 25.7 Å². The lowest BCUT2D eigenvalue weighted by Crippen LogP contribution is -1.70. The molecule has 0 aromatic rings. The second-order valence-electron chi connectivity index (χ2n) is 3.10. The highest BCUT2D eigenvalue weighted by Crippen LogP contribution is 1.99.